The number of hydrogen-bond donors (Lipinski definition) is 0. The molecule has 0 bridgehead atoms. The van der Waals surface area contributed by atoms with Crippen molar-refractivity contribution in [2.24, 2.45) is 0 Å². The Morgan fingerprint density at radius 3 is 2.42 bits per heavy atom. The predicted octanol–water partition coefficient (Wildman–Crippen LogP) is 4.49. The van der Waals surface area contributed by atoms with E-state index in [9.17, 15) is 0 Å². The van der Waals surface area contributed by atoms with E-state index in [1.54, 1.807) is 17.5 Å². The fraction of sp³-hybridized carbons (Fsp3) is 0.105. The summed E-state index contributed by atoms with van der Waals surface area (Å²) in [6.07, 6.45) is 1.77. The van der Waals surface area contributed by atoms with Gasteiger partial charge in [-0.1, -0.05) is 36.4 Å². The number of fused-ring (bicyclic) bond motifs is 1. The maximum Gasteiger partial charge on any atom is 0.181 e. The van der Waals surface area contributed by atoms with Gasteiger partial charge in [0.2, 0.25) is 0 Å². The summed E-state index contributed by atoms with van der Waals surface area (Å²) >= 11 is 1.64. The van der Waals surface area contributed by atoms with Crippen molar-refractivity contribution in [2.75, 3.05) is 19.0 Å². The number of nitrogens with zero attached hydrogens (tertiary/aromatic N) is 4. The Labute approximate surface area is 144 Å². The number of aromatic nitrogens is 3. The second kappa shape index (κ2) is 6.02. The largest absolute Gasteiger partial charge is 0.362 e. The van der Waals surface area contributed by atoms with E-state index >= 15 is 0 Å². The summed E-state index contributed by atoms with van der Waals surface area (Å²) in [6.45, 7) is 0. The number of rotatable bonds is 3. The van der Waals surface area contributed by atoms with E-state index in [0.717, 1.165) is 21.7 Å². The number of thiophene rings is 1. The molecular weight excluding hydrogens is 316 g/mol. The Balaban J connectivity index is 1.98. The molecule has 0 aliphatic carbocycles. The molecule has 118 valence electrons. The first-order chi connectivity index (χ1) is 11.7. The predicted molar refractivity (Wildman–Crippen MR) is 100 cm³/mol. The Hall–Kier alpha value is -2.79. The second-order valence-electron chi connectivity index (χ2n) is 5.68. The summed E-state index contributed by atoms with van der Waals surface area (Å²) in [4.78, 5) is 16.9. The minimum Gasteiger partial charge on any atom is -0.362 e. The first kappa shape index (κ1) is 14.8. The summed E-state index contributed by atoms with van der Waals surface area (Å²) < 4.78 is 0. The lowest BCUT2D eigenvalue weighted by Gasteiger charge is -2.15. The number of anilines is 1. The van der Waals surface area contributed by atoms with Crippen LogP contribution in [0.5, 0.6) is 0 Å². The lowest BCUT2D eigenvalue weighted by Crippen LogP contribution is -2.12. The molecular formula is C19H16N4S. The zero-order chi connectivity index (χ0) is 16.5. The molecule has 0 unspecified atom stereocenters. The van der Waals surface area contributed by atoms with Crippen molar-refractivity contribution in [3.63, 3.8) is 0 Å². The van der Waals surface area contributed by atoms with Crippen LogP contribution in [0.4, 0.5) is 5.82 Å². The van der Waals surface area contributed by atoms with Crippen LogP contribution in [-0.2, 0) is 0 Å². The summed E-state index contributed by atoms with van der Waals surface area (Å²) in [5, 5.41) is 3.25. The highest BCUT2D eigenvalue weighted by molar-refractivity contribution is 7.17. The molecule has 0 saturated carbocycles. The fourth-order valence-corrected chi connectivity index (χ4v) is 3.63. The average Bonchev–Trinajstić information content (AvgIpc) is 3.06. The van der Waals surface area contributed by atoms with Gasteiger partial charge in [0.05, 0.1) is 5.39 Å². The van der Waals surface area contributed by atoms with Crippen molar-refractivity contribution < 1.29 is 0 Å². The topological polar surface area (TPSA) is 41.9 Å². The van der Waals surface area contributed by atoms with Gasteiger partial charge in [0.1, 0.15) is 16.3 Å². The first-order valence-corrected chi connectivity index (χ1v) is 8.55. The van der Waals surface area contributed by atoms with Crippen LogP contribution >= 0.6 is 11.3 Å². The van der Waals surface area contributed by atoms with Crippen molar-refractivity contribution in [1.82, 2.24) is 15.0 Å². The van der Waals surface area contributed by atoms with Gasteiger partial charge in [-0.25, -0.2) is 9.97 Å². The first-order valence-electron chi connectivity index (χ1n) is 7.67. The molecule has 0 N–H and O–H groups in total. The normalized spacial score (nSPS) is 10.9. The van der Waals surface area contributed by atoms with Crippen LogP contribution in [0.3, 0.4) is 0 Å². The van der Waals surface area contributed by atoms with Gasteiger partial charge in [0, 0.05) is 31.2 Å². The summed E-state index contributed by atoms with van der Waals surface area (Å²) in [6, 6.07) is 16.2. The zero-order valence-electron chi connectivity index (χ0n) is 13.5. The monoisotopic (exact) mass is 332 g/mol. The zero-order valence-corrected chi connectivity index (χ0v) is 14.3. The van der Waals surface area contributed by atoms with E-state index in [1.807, 2.05) is 43.3 Å². The van der Waals surface area contributed by atoms with E-state index < -0.39 is 0 Å². The highest BCUT2D eigenvalue weighted by atomic mass is 32.1. The Morgan fingerprint density at radius 2 is 1.71 bits per heavy atom. The van der Waals surface area contributed by atoms with Crippen LogP contribution in [0.25, 0.3) is 32.9 Å². The molecule has 3 aromatic heterocycles. The molecule has 5 heteroatoms. The van der Waals surface area contributed by atoms with Gasteiger partial charge in [0.25, 0.3) is 0 Å². The Bertz CT molecular complexity index is 978. The molecule has 0 spiro atoms. The molecule has 4 rings (SSSR count). The quantitative estimate of drug-likeness (QED) is 0.554. The van der Waals surface area contributed by atoms with Crippen LogP contribution in [0.15, 0.2) is 60.1 Å². The molecule has 1 aromatic carbocycles. The van der Waals surface area contributed by atoms with Crippen LogP contribution in [0, 0.1) is 0 Å². The smallest absolute Gasteiger partial charge is 0.181 e. The van der Waals surface area contributed by atoms with Crippen molar-refractivity contribution in [3.05, 3.63) is 60.1 Å². The van der Waals surface area contributed by atoms with E-state index in [0.29, 0.717) is 5.82 Å². The van der Waals surface area contributed by atoms with Gasteiger partial charge in [-0.2, -0.15) is 0 Å². The van der Waals surface area contributed by atoms with Crippen molar-refractivity contribution in [3.8, 4) is 22.6 Å². The van der Waals surface area contributed by atoms with E-state index in [4.69, 9.17) is 9.97 Å². The molecule has 0 fully saturated rings. The molecule has 0 saturated heterocycles. The lowest BCUT2D eigenvalue weighted by atomic mass is 10.1. The maximum atomic E-state index is 4.79. The second-order valence-corrected chi connectivity index (χ2v) is 6.53. The van der Waals surface area contributed by atoms with Crippen LogP contribution in [-0.4, -0.2) is 29.0 Å². The van der Waals surface area contributed by atoms with Gasteiger partial charge < -0.3 is 4.90 Å². The van der Waals surface area contributed by atoms with Gasteiger partial charge in [-0.05, 0) is 17.7 Å². The number of pyridine rings is 1. The summed E-state index contributed by atoms with van der Waals surface area (Å²) in [7, 11) is 4.02. The molecule has 4 aromatic rings. The lowest BCUT2D eigenvalue weighted by molar-refractivity contribution is 1.06. The molecule has 0 atom stereocenters. The van der Waals surface area contributed by atoms with Crippen LogP contribution < -0.4 is 4.90 Å². The van der Waals surface area contributed by atoms with E-state index in [2.05, 4.69) is 34.6 Å². The molecule has 0 radical (unpaired) electrons. The molecule has 0 aliphatic heterocycles. The highest BCUT2D eigenvalue weighted by Crippen LogP contribution is 2.38. The van der Waals surface area contributed by atoms with E-state index in [1.165, 1.54) is 11.1 Å². The average molecular weight is 332 g/mol. The van der Waals surface area contributed by atoms with Gasteiger partial charge in [-0.3, -0.25) is 4.98 Å². The van der Waals surface area contributed by atoms with Crippen molar-refractivity contribution in [2.45, 2.75) is 0 Å². The number of benzene rings is 1. The third-order valence-corrected chi connectivity index (χ3v) is 4.69. The summed E-state index contributed by atoms with van der Waals surface area (Å²) in [5.41, 5.74) is 3.14. The third kappa shape index (κ3) is 2.53. The molecule has 0 aliphatic rings. The minimum atomic E-state index is 0.660. The maximum absolute atomic E-state index is 4.79. The fourth-order valence-electron chi connectivity index (χ4n) is 2.69. The Kier molecular flexibility index (Phi) is 3.70. The SMILES string of the molecule is CN(C)c1nc(-c2ccccn2)nc2scc(-c3ccccc3)c12. The molecule has 24 heavy (non-hydrogen) atoms. The minimum absolute atomic E-state index is 0.660. The van der Waals surface area contributed by atoms with Gasteiger partial charge in [0.15, 0.2) is 5.82 Å². The van der Waals surface area contributed by atoms with Gasteiger partial charge in [-0.15, -0.1) is 11.3 Å². The molecule has 3 heterocycles. The number of hydrogen-bond acceptors (Lipinski definition) is 5. The van der Waals surface area contributed by atoms with Crippen LogP contribution in [0.1, 0.15) is 0 Å². The van der Waals surface area contributed by atoms with Crippen LogP contribution in [0.2, 0.25) is 0 Å². The highest BCUT2D eigenvalue weighted by Gasteiger charge is 2.17. The third-order valence-electron chi connectivity index (χ3n) is 3.82. The summed E-state index contributed by atoms with van der Waals surface area (Å²) in [5.74, 6) is 1.58. The van der Waals surface area contributed by atoms with Crippen molar-refractivity contribution in [1.29, 1.82) is 0 Å². The standard InChI is InChI=1S/C19H16N4S/c1-23(2)18-16-14(13-8-4-3-5-9-13)12-24-19(16)22-17(21-18)15-10-6-7-11-20-15/h3-12H,1-2H3. The van der Waals surface area contributed by atoms with Crippen molar-refractivity contribution >= 4 is 27.4 Å². The Morgan fingerprint density at radius 1 is 0.917 bits per heavy atom. The van der Waals surface area contributed by atoms with Gasteiger partial charge >= 0.3 is 0 Å². The molecule has 4 nitrogen and oxygen atoms in total. The molecule has 0 amide bonds. The van der Waals surface area contributed by atoms with E-state index in [-0.39, 0.29) is 0 Å².